The zero-order valence-corrected chi connectivity index (χ0v) is 11.7. The number of hydrogen-bond donors (Lipinski definition) is 2. The van der Waals surface area contributed by atoms with Gasteiger partial charge in [0.25, 0.3) is 0 Å². The Morgan fingerprint density at radius 1 is 1.47 bits per heavy atom. The van der Waals surface area contributed by atoms with Gasteiger partial charge in [0.1, 0.15) is 5.82 Å². The number of rotatable bonds is 3. The van der Waals surface area contributed by atoms with E-state index in [1.807, 2.05) is 13.0 Å². The van der Waals surface area contributed by atoms with Crippen LogP contribution in [0, 0.1) is 12.8 Å². The molecule has 17 heavy (non-hydrogen) atoms. The van der Waals surface area contributed by atoms with Gasteiger partial charge in [-0.1, -0.05) is 12.8 Å². The third-order valence-electron chi connectivity index (χ3n) is 3.45. The van der Waals surface area contributed by atoms with Crippen LogP contribution in [0.3, 0.4) is 0 Å². The van der Waals surface area contributed by atoms with Crippen molar-refractivity contribution in [3.8, 4) is 0 Å². The lowest BCUT2D eigenvalue weighted by Gasteiger charge is -2.28. The van der Waals surface area contributed by atoms with E-state index in [2.05, 4.69) is 26.2 Å². The second kappa shape index (κ2) is 5.83. The van der Waals surface area contributed by atoms with Crippen LogP contribution in [0.5, 0.6) is 0 Å². The molecule has 2 rings (SSSR count). The molecule has 4 heteroatoms. The molecule has 94 valence electrons. The number of hydrogen-bond acceptors (Lipinski definition) is 3. The largest absolute Gasteiger partial charge is 0.393 e. The molecule has 0 bridgehead atoms. The van der Waals surface area contributed by atoms with Gasteiger partial charge in [-0.05, 0) is 47.3 Å². The van der Waals surface area contributed by atoms with Crippen LogP contribution in [0.2, 0.25) is 0 Å². The summed E-state index contributed by atoms with van der Waals surface area (Å²) < 4.78 is 0.998. The predicted molar refractivity (Wildman–Crippen MR) is 73.1 cm³/mol. The Morgan fingerprint density at radius 3 is 2.94 bits per heavy atom. The maximum atomic E-state index is 9.89. The summed E-state index contributed by atoms with van der Waals surface area (Å²) in [6.45, 7) is 2.86. The van der Waals surface area contributed by atoms with Gasteiger partial charge in [0.15, 0.2) is 0 Å². The number of aliphatic hydroxyl groups is 1. The van der Waals surface area contributed by atoms with Crippen molar-refractivity contribution >= 4 is 21.7 Å². The fraction of sp³-hybridized carbons (Fsp3) is 0.615. The van der Waals surface area contributed by atoms with E-state index in [1.54, 1.807) is 6.20 Å². The van der Waals surface area contributed by atoms with Gasteiger partial charge in [-0.15, -0.1) is 0 Å². The third-order valence-corrected chi connectivity index (χ3v) is 3.88. The fourth-order valence-electron chi connectivity index (χ4n) is 2.38. The summed E-state index contributed by atoms with van der Waals surface area (Å²) in [7, 11) is 0. The number of aryl methyl sites for hydroxylation is 1. The molecule has 2 N–H and O–H groups in total. The van der Waals surface area contributed by atoms with Crippen LogP contribution >= 0.6 is 15.9 Å². The highest BCUT2D eigenvalue weighted by molar-refractivity contribution is 9.10. The van der Waals surface area contributed by atoms with Crippen molar-refractivity contribution in [2.75, 3.05) is 11.9 Å². The molecule has 1 aliphatic carbocycles. The van der Waals surface area contributed by atoms with Crippen LogP contribution in [-0.2, 0) is 0 Å². The summed E-state index contributed by atoms with van der Waals surface area (Å²) in [4.78, 5) is 4.35. The van der Waals surface area contributed by atoms with Crippen LogP contribution < -0.4 is 5.32 Å². The van der Waals surface area contributed by atoms with E-state index in [0.717, 1.165) is 41.7 Å². The van der Waals surface area contributed by atoms with E-state index < -0.39 is 0 Å². The lowest BCUT2D eigenvalue weighted by molar-refractivity contribution is 0.0763. The highest BCUT2D eigenvalue weighted by atomic mass is 79.9. The van der Waals surface area contributed by atoms with E-state index in [1.165, 1.54) is 6.42 Å². The highest BCUT2D eigenvalue weighted by Crippen LogP contribution is 2.25. The second-order valence-electron chi connectivity index (χ2n) is 4.81. The molecule has 2 atom stereocenters. The van der Waals surface area contributed by atoms with Crippen molar-refractivity contribution in [3.05, 3.63) is 22.3 Å². The van der Waals surface area contributed by atoms with E-state index >= 15 is 0 Å². The smallest absolute Gasteiger partial charge is 0.128 e. The van der Waals surface area contributed by atoms with Crippen LogP contribution in [0.4, 0.5) is 5.82 Å². The first-order valence-corrected chi connectivity index (χ1v) is 7.00. The first-order valence-electron chi connectivity index (χ1n) is 6.21. The molecule has 0 aliphatic heterocycles. The lowest BCUT2D eigenvalue weighted by Crippen LogP contribution is -2.30. The summed E-state index contributed by atoms with van der Waals surface area (Å²) in [5, 5.41) is 13.2. The SMILES string of the molecule is Cc1cc(Br)cnc1NCC1CCCCC1O. The van der Waals surface area contributed by atoms with Crippen LogP contribution in [-0.4, -0.2) is 22.7 Å². The monoisotopic (exact) mass is 298 g/mol. The van der Waals surface area contributed by atoms with E-state index in [4.69, 9.17) is 0 Å². The normalized spacial score (nSPS) is 24.6. The first-order chi connectivity index (χ1) is 8.16. The van der Waals surface area contributed by atoms with Crippen LogP contribution in [0.1, 0.15) is 31.2 Å². The predicted octanol–water partition coefficient (Wildman–Crippen LogP) is 3.12. The van der Waals surface area contributed by atoms with Crippen molar-refractivity contribution in [2.24, 2.45) is 5.92 Å². The number of aliphatic hydroxyl groups excluding tert-OH is 1. The molecule has 1 aliphatic rings. The standard InChI is InChI=1S/C13H19BrN2O/c1-9-6-11(14)8-16-13(9)15-7-10-4-2-3-5-12(10)17/h6,8,10,12,17H,2-5,7H2,1H3,(H,15,16). The first kappa shape index (κ1) is 12.8. The van der Waals surface area contributed by atoms with Gasteiger partial charge >= 0.3 is 0 Å². The molecule has 1 aromatic heterocycles. The molecule has 2 unspecified atom stereocenters. The topological polar surface area (TPSA) is 45.2 Å². The fourth-order valence-corrected chi connectivity index (χ4v) is 2.83. The van der Waals surface area contributed by atoms with Crippen molar-refractivity contribution < 1.29 is 5.11 Å². The second-order valence-corrected chi connectivity index (χ2v) is 5.73. The Labute approximate surface area is 111 Å². The van der Waals surface area contributed by atoms with Gasteiger partial charge < -0.3 is 10.4 Å². The lowest BCUT2D eigenvalue weighted by atomic mass is 9.86. The van der Waals surface area contributed by atoms with Gasteiger partial charge in [-0.3, -0.25) is 0 Å². The van der Waals surface area contributed by atoms with Gasteiger partial charge in [-0.25, -0.2) is 4.98 Å². The van der Waals surface area contributed by atoms with Gasteiger partial charge in [0.2, 0.25) is 0 Å². The molecule has 0 amide bonds. The summed E-state index contributed by atoms with van der Waals surface area (Å²) in [5.74, 6) is 1.29. The highest BCUT2D eigenvalue weighted by Gasteiger charge is 2.22. The zero-order valence-electron chi connectivity index (χ0n) is 10.1. The number of anilines is 1. The molecule has 1 heterocycles. The molecule has 3 nitrogen and oxygen atoms in total. The maximum Gasteiger partial charge on any atom is 0.128 e. The van der Waals surface area contributed by atoms with Crippen LogP contribution in [0.15, 0.2) is 16.7 Å². The van der Waals surface area contributed by atoms with E-state index in [0.29, 0.717) is 5.92 Å². The molecule has 1 saturated carbocycles. The number of nitrogens with zero attached hydrogens (tertiary/aromatic N) is 1. The van der Waals surface area contributed by atoms with Crippen molar-refractivity contribution in [3.63, 3.8) is 0 Å². The minimum Gasteiger partial charge on any atom is -0.393 e. The Morgan fingerprint density at radius 2 is 2.24 bits per heavy atom. The molecule has 1 aromatic rings. The number of pyridine rings is 1. The van der Waals surface area contributed by atoms with Gasteiger partial charge in [0.05, 0.1) is 6.10 Å². The Hall–Kier alpha value is -0.610. The van der Waals surface area contributed by atoms with Crippen molar-refractivity contribution in [2.45, 2.75) is 38.7 Å². The molecule has 1 fully saturated rings. The molecular formula is C13H19BrN2O. The number of aromatic nitrogens is 1. The molecule has 0 radical (unpaired) electrons. The Kier molecular flexibility index (Phi) is 4.40. The average molecular weight is 299 g/mol. The van der Waals surface area contributed by atoms with E-state index in [9.17, 15) is 5.11 Å². The van der Waals surface area contributed by atoms with Crippen LogP contribution in [0.25, 0.3) is 0 Å². The van der Waals surface area contributed by atoms with Crippen molar-refractivity contribution in [1.29, 1.82) is 0 Å². The average Bonchev–Trinajstić information content (AvgIpc) is 2.30. The minimum atomic E-state index is -0.146. The Bertz CT molecular complexity index is 384. The third kappa shape index (κ3) is 3.42. The summed E-state index contributed by atoms with van der Waals surface area (Å²) >= 11 is 3.40. The number of nitrogens with one attached hydrogen (secondary N) is 1. The molecule has 0 saturated heterocycles. The van der Waals surface area contributed by atoms with E-state index in [-0.39, 0.29) is 6.10 Å². The Balaban J connectivity index is 1.92. The summed E-state index contributed by atoms with van der Waals surface area (Å²) in [6.07, 6.45) is 6.10. The van der Waals surface area contributed by atoms with Gasteiger partial charge in [-0.2, -0.15) is 0 Å². The summed E-state index contributed by atoms with van der Waals surface area (Å²) in [5.41, 5.74) is 1.13. The molecule has 0 aromatic carbocycles. The quantitative estimate of drug-likeness (QED) is 0.901. The van der Waals surface area contributed by atoms with Crippen molar-refractivity contribution in [1.82, 2.24) is 4.98 Å². The molecular weight excluding hydrogens is 280 g/mol. The summed E-state index contributed by atoms with van der Waals surface area (Å²) in [6, 6.07) is 2.05. The minimum absolute atomic E-state index is 0.146. The zero-order chi connectivity index (χ0) is 12.3. The number of halogens is 1. The van der Waals surface area contributed by atoms with Gasteiger partial charge in [0, 0.05) is 23.1 Å². The maximum absolute atomic E-state index is 9.89. The molecule has 0 spiro atoms.